The predicted octanol–water partition coefficient (Wildman–Crippen LogP) is 3.18. The van der Waals surface area contributed by atoms with Gasteiger partial charge in [0.05, 0.1) is 11.8 Å². The molecule has 0 amide bonds. The Bertz CT molecular complexity index is 500. The maximum Gasteiger partial charge on any atom is 0.0762 e. The smallest absolute Gasteiger partial charge is 0.0762 e. The highest BCUT2D eigenvalue weighted by Gasteiger charge is 2.09. The van der Waals surface area contributed by atoms with Gasteiger partial charge in [0, 0.05) is 17.8 Å². The van der Waals surface area contributed by atoms with Gasteiger partial charge in [-0.3, -0.25) is 4.68 Å². The van der Waals surface area contributed by atoms with E-state index >= 15 is 0 Å². The van der Waals surface area contributed by atoms with E-state index in [2.05, 4.69) is 18.9 Å². The Morgan fingerprint density at radius 3 is 2.59 bits per heavy atom. The summed E-state index contributed by atoms with van der Waals surface area (Å²) in [6.07, 6.45) is 1.37. The second-order valence-electron chi connectivity index (χ2n) is 4.56. The lowest BCUT2D eigenvalue weighted by Crippen LogP contribution is -2.04. The molecule has 0 fully saturated rings. The highest BCUT2D eigenvalue weighted by atomic mass is 16.3. The molecule has 0 saturated heterocycles. The van der Waals surface area contributed by atoms with E-state index in [0.717, 1.165) is 16.8 Å². The first-order valence-electron chi connectivity index (χ1n) is 5.91. The number of aromatic nitrogens is 2. The monoisotopic (exact) mass is 230 g/mol. The van der Waals surface area contributed by atoms with Gasteiger partial charge in [0.1, 0.15) is 0 Å². The molecule has 0 aliphatic heterocycles. The van der Waals surface area contributed by atoms with Gasteiger partial charge < -0.3 is 5.11 Å². The summed E-state index contributed by atoms with van der Waals surface area (Å²) in [5.41, 5.74) is 3.11. The van der Waals surface area contributed by atoms with Crippen LogP contribution in [0, 0.1) is 0 Å². The van der Waals surface area contributed by atoms with Crippen LogP contribution in [0.2, 0.25) is 0 Å². The summed E-state index contributed by atoms with van der Waals surface area (Å²) < 4.78 is 1.99. The second kappa shape index (κ2) is 4.72. The summed E-state index contributed by atoms with van der Waals surface area (Å²) in [5.74, 6) is 0. The third-order valence-electron chi connectivity index (χ3n) is 2.82. The molecule has 0 saturated carbocycles. The van der Waals surface area contributed by atoms with Crippen LogP contribution in [0.3, 0.4) is 0 Å². The fraction of sp³-hybridized carbons (Fsp3) is 0.357. The van der Waals surface area contributed by atoms with E-state index in [9.17, 15) is 5.11 Å². The summed E-state index contributed by atoms with van der Waals surface area (Å²) in [5, 5.41) is 13.9. The van der Waals surface area contributed by atoms with E-state index in [-0.39, 0.29) is 0 Å². The van der Waals surface area contributed by atoms with Crippen molar-refractivity contribution in [2.24, 2.45) is 0 Å². The lowest BCUT2D eigenvalue weighted by Gasteiger charge is -2.12. The number of nitrogens with zero attached hydrogens (tertiary/aromatic N) is 2. The Morgan fingerprint density at radius 1 is 1.18 bits per heavy atom. The Kier molecular flexibility index (Phi) is 3.29. The molecular formula is C14H18N2O. The van der Waals surface area contributed by atoms with Crippen molar-refractivity contribution in [1.29, 1.82) is 0 Å². The number of aliphatic hydroxyl groups is 1. The fourth-order valence-corrected chi connectivity index (χ4v) is 1.91. The summed E-state index contributed by atoms with van der Waals surface area (Å²) >= 11 is 0. The van der Waals surface area contributed by atoms with Gasteiger partial charge >= 0.3 is 0 Å². The van der Waals surface area contributed by atoms with E-state index in [0.29, 0.717) is 6.04 Å². The standard InChI is InChI=1S/C14H18N2O/c1-10(2)16-14(7-8-15-16)13-6-4-5-12(9-13)11(3)17/h4-11,17H,1-3H3. The first kappa shape index (κ1) is 11.9. The molecule has 1 aromatic heterocycles. The number of rotatable bonds is 3. The van der Waals surface area contributed by atoms with Gasteiger partial charge in [-0.25, -0.2) is 0 Å². The lowest BCUT2D eigenvalue weighted by atomic mass is 10.0. The molecule has 0 aliphatic carbocycles. The maximum atomic E-state index is 9.60. The third kappa shape index (κ3) is 2.39. The molecule has 1 atom stereocenters. The minimum atomic E-state index is -0.439. The van der Waals surface area contributed by atoms with E-state index in [1.165, 1.54) is 0 Å². The molecule has 1 N–H and O–H groups in total. The Morgan fingerprint density at radius 2 is 1.94 bits per heavy atom. The van der Waals surface area contributed by atoms with Crippen LogP contribution in [-0.2, 0) is 0 Å². The second-order valence-corrected chi connectivity index (χ2v) is 4.56. The van der Waals surface area contributed by atoms with Crippen LogP contribution in [0.25, 0.3) is 11.3 Å². The van der Waals surface area contributed by atoms with Crippen LogP contribution in [0.5, 0.6) is 0 Å². The van der Waals surface area contributed by atoms with Crippen molar-refractivity contribution in [2.75, 3.05) is 0 Å². The van der Waals surface area contributed by atoms with Crippen molar-refractivity contribution in [3.8, 4) is 11.3 Å². The summed E-state index contributed by atoms with van der Waals surface area (Å²) in [6.45, 7) is 5.99. The molecule has 0 bridgehead atoms. The van der Waals surface area contributed by atoms with E-state index in [4.69, 9.17) is 0 Å². The molecule has 0 aliphatic rings. The van der Waals surface area contributed by atoms with Gasteiger partial charge in [-0.2, -0.15) is 5.10 Å². The number of hydrogen-bond donors (Lipinski definition) is 1. The minimum absolute atomic E-state index is 0.329. The van der Waals surface area contributed by atoms with Crippen molar-refractivity contribution in [3.05, 3.63) is 42.1 Å². The zero-order valence-electron chi connectivity index (χ0n) is 10.5. The zero-order chi connectivity index (χ0) is 12.4. The van der Waals surface area contributed by atoms with Gasteiger partial charge in [-0.15, -0.1) is 0 Å². The van der Waals surface area contributed by atoms with E-state index in [1.807, 2.05) is 41.2 Å². The molecule has 1 aromatic carbocycles. The minimum Gasteiger partial charge on any atom is -0.389 e. The summed E-state index contributed by atoms with van der Waals surface area (Å²) in [6, 6.07) is 10.3. The molecule has 1 unspecified atom stereocenters. The number of hydrogen-bond acceptors (Lipinski definition) is 2. The highest BCUT2D eigenvalue weighted by Crippen LogP contribution is 2.24. The van der Waals surface area contributed by atoms with E-state index < -0.39 is 6.10 Å². The SMILES string of the molecule is CC(O)c1cccc(-c2ccnn2C(C)C)c1. The van der Waals surface area contributed by atoms with Gasteiger partial charge in [-0.05, 0) is 38.5 Å². The number of aliphatic hydroxyl groups excluding tert-OH is 1. The van der Waals surface area contributed by atoms with Crippen molar-refractivity contribution in [3.63, 3.8) is 0 Å². The molecule has 0 spiro atoms. The topological polar surface area (TPSA) is 38.1 Å². The highest BCUT2D eigenvalue weighted by molar-refractivity contribution is 5.60. The summed E-state index contributed by atoms with van der Waals surface area (Å²) in [4.78, 5) is 0. The fourth-order valence-electron chi connectivity index (χ4n) is 1.91. The lowest BCUT2D eigenvalue weighted by molar-refractivity contribution is 0.199. The van der Waals surface area contributed by atoms with Crippen LogP contribution < -0.4 is 0 Å². The maximum absolute atomic E-state index is 9.60. The molecule has 3 heteroatoms. The van der Waals surface area contributed by atoms with Gasteiger partial charge in [0.25, 0.3) is 0 Å². The van der Waals surface area contributed by atoms with Gasteiger partial charge in [-0.1, -0.05) is 18.2 Å². The van der Waals surface area contributed by atoms with E-state index in [1.54, 1.807) is 6.92 Å². The van der Waals surface area contributed by atoms with Crippen LogP contribution in [0.1, 0.15) is 38.5 Å². The Labute approximate surface area is 102 Å². The number of benzene rings is 1. The molecule has 17 heavy (non-hydrogen) atoms. The molecule has 3 nitrogen and oxygen atoms in total. The first-order valence-corrected chi connectivity index (χ1v) is 5.91. The first-order chi connectivity index (χ1) is 8.09. The van der Waals surface area contributed by atoms with Gasteiger partial charge in [0.2, 0.25) is 0 Å². The Hall–Kier alpha value is -1.61. The average Bonchev–Trinajstić information content (AvgIpc) is 2.78. The van der Waals surface area contributed by atoms with Crippen LogP contribution >= 0.6 is 0 Å². The summed E-state index contributed by atoms with van der Waals surface area (Å²) in [7, 11) is 0. The molecule has 90 valence electrons. The van der Waals surface area contributed by atoms with Crippen molar-refractivity contribution < 1.29 is 5.11 Å². The van der Waals surface area contributed by atoms with Crippen molar-refractivity contribution >= 4 is 0 Å². The van der Waals surface area contributed by atoms with Crippen LogP contribution in [-0.4, -0.2) is 14.9 Å². The normalized spacial score (nSPS) is 13.0. The molecule has 2 rings (SSSR count). The van der Waals surface area contributed by atoms with Crippen LogP contribution in [0.15, 0.2) is 36.5 Å². The van der Waals surface area contributed by atoms with Gasteiger partial charge in [0.15, 0.2) is 0 Å². The van der Waals surface area contributed by atoms with Crippen LogP contribution in [0.4, 0.5) is 0 Å². The van der Waals surface area contributed by atoms with Crippen molar-refractivity contribution in [2.45, 2.75) is 32.9 Å². The Balaban J connectivity index is 2.46. The zero-order valence-corrected chi connectivity index (χ0v) is 10.5. The third-order valence-corrected chi connectivity index (χ3v) is 2.82. The largest absolute Gasteiger partial charge is 0.389 e. The van der Waals surface area contributed by atoms with Crippen molar-refractivity contribution in [1.82, 2.24) is 9.78 Å². The molecule has 1 heterocycles. The molecule has 2 aromatic rings. The predicted molar refractivity (Wildman–Crippen MR) is 68.7 cm³/mol. The quantitative estimate of drug-likeness (QED) is 0.879. The molecular weight excluding hydrogens is 212 g/mol. The average molecular weight is 230 g/mol. The molecule has 0 radical (unpaired) electrons.